The first-order valence-corrected chi connectivity index (χ1v) is 4.96. The number of likely N-dealkylation sites (N-methyl/N-ethyl adjacent to an activating group) is 1. The molecule has 0 saturated carbocycles. The molecule has 2 amide bonds. The number of aliphatic carboxylic acids is 1. The summed E-state index contributed by atoms with van der Waals surface area (Å²) in [5.41, 5.74) is 0. The molecule has 0 aromatic carbocycles. The van der Waals surface area contributed by atoms with Crippen molar-refractivity contribution >= 4 is 18.0 Å². The number of rotatable bonds is 5. The number of carboxylic acids is 1. The van der Waals surface area contributed by atoms with Crippen molar-refractivity contribution in [2.24, 2.45) is 0 Å². The highest BCUT2D eigenvalue weighted by atomic mass is 16.6. The Bertz CT molecular complexity index is 304. The van der Waals surface area contributed by atoms with Gasteiger partial charge in [0.1, 0.15) is 6.61 Å². The van der Waals surface area contributed by atoms with E-state index in [1.165, 1.54) is 4.90 Å². The van der Waals surface area contributed by atoms with E-state index in [4.69, 9.17) is 5.11 Å². The summed E-state index contributed by atoms with van der Waals surface area (Å²) in [5.74, 6) is -1.43. The van der Waals surface area contributed by atoms with Crippen molar-refractivity contribution in [1.29, 1.82) is 0 Å². The van der Waals surface area contributed by atoms with Crippen molar-refractivity contribution in [2.75, 3.05) is 32.8 Å². The first-order chi connectivity index (χ1) is 7.54. The number of nitrogens with zero attached hydrogens (tertiary/aromatic N) is 2. The summed E-state index contributed by atoms with van der Waals surface area (Å²) in [4.78, 5) is 35.6. The lowest BCUT2D eigenvalue weighted by atomic mass is 10.4. The summed E-state index contributed by atoms with van der Waals surface area (Å²) in [6, 6.07) is 0. The fourth-order valence-electron chi connectivity index (χ4n) is 1.37. The highest BCUT2D eigenvalue weighted by molar-refractivity contribution is 5.94. The third-order valence-corrected chi connectivity index (χ3v) is 2.23. The number of hydrogen-bond donors (Lipinski definition) is 1. The molecule has 1 saturated heterocycles. The first kappa shape index (κ1) is 12.4. The van der Waals surface area contributed by atoms with Gasteiger partial charge in [-0.3, -0.25) is 14.5 Å². The number of carbonyl (C=O) groups is 3. The molecule has 16 heavy (non-hydrogen) atoms. The van der Waals surface area contributed by atoms with Crippen LogP contribution in [0.1, 0.15) is 6.92 Å². The van der Waals surface area contributed by atoms with Crippen LogP contribution >= 0.6 is 0 Å². The van der Waals surface area contributed by atoms with Crippen LogP contribution in [0.15, 0.2) is 0 Å². The number of carboxylic acid groups (broad SMARTS) is 1. The van der Waals surface area contributed by atoms with Crippen LogP contribution < -0.4 is 0 Å². The van der Waals surface area contributed by atoms with Gasteiger partial charge in [0.2, 0.25) is 5.91 Å². The van der Waals surface area contributed by atoms with Gasteiger partial charge in [-0.15, -0.1) is 0 Å². The number of imide groups is 1. The molecule has 0 radical (unpaired) electrons. The Hall–Kier alpha value is -1.63. The minimum atomic E-state index is -1.00. The fourth-order valence-corrected chi connectivity index (χ4v) is 1.37. The van der Waals surface area contributed by atoms with E-state index < -0.39 is 18.0 Å². The van der Waals surface area contributed by atoms with E-state index in [0.29, 0.717) is 6.54 Å². The van der Waals surface area contributed by atoms with Crippen LogP contribution in [0.4, 0.5) is 4.79 Å². The Morgan fingerprint density at radius 1 is 1.50 bits per heavy atom. The molecule has 0 bridgehead atoms. The van der Waals surface area contributed by atoms with E-state index in [1.54, 1.807) is 6.92 Å². The maximum absolute atomic E-state index is 11.6. The number of amides is 2. The molecule has 0 aromatic heterocycles. The van der Waals surface area contributed by atoms with E-state index in [2.05, 4.69) is 4.74 Å². The lowest BCUT2D eigenvalue weighted by molar-refractivity contribution is -0.139. The van der Waals surface area contributed by atoms with Gasteiger partial charge >= 0.3 is 12.1 Å². The van der Waals surface area contributed by atoms with E-state index in [-0.39, 0.29) is 26.2 Å². The summed E-state index contributed by atoms with van der Waals surface area (Å²) in [6.07, 6.45) is -0.656. The first-order valence-electron chi connectivity index (χ1n) is 4.96. The Kier molecular flexibility index (Phi) is 4.24. The predicted molar refractivity (Wildman–Crippen MR) is 52.8 cm³/mol. The zero-order valence-electron chi connectivity index (χ0n) is 9.01. The molecule has 1 aliphatic rings. The maximum atomic E-state index is 11.6. The van der Waals surface area contributed by atoms with Crippen LogP contribution in [0.2, 0.25) is 0 Å². The Labute approximate surface area is 92.6 Å². The molecule has 0 aliphatic carbocycles. The van der Waals surface area contributed by atoms with E-state index in [9.17, 15) is 14.4 Å². The van der Waals surface area contributed by atoms with Crippen molar-refractivity contribution < 1.29 is 24.2 Å². The standard InChI is InChI=1S/C9H14N2O5/c1-2-10(6-8(13)14)5-7(12)11-3-4-16-9(11)15/h2-6H2,1H3,(H,13,14). The van der Waals surface area contributed by atoms with Gasteiger partial charge in [0.05, 0.1) is 19.6 Å². The third-order valence-electron chi connectivity index (χ3n) is 2.23. The molecule has 1 fully saturated rings. The average molecular weight is 230 g/mol. The summed E-state index contributed by atoms with van der Waals surface area (Å²) in [5, 5.41) is 8.59. The minimum absolute atomic E-state index is 0.0854. The number of cyclic esters (lactones) is 1. The smallest absolute Gasteiger partial charge is 0.416 e. The second-order valence-corrected chi connectivity index (χ2v) is 3.36. The molecule has 90 valence electrons. The van der Waals surface area contributed by atoms with Gasteiger partial charge in [0.15, 0.2) is 0 Å². The molecule has 0 unspecified atom stereocenters. The fraction of sp³-hybridized carbons (Fsp3) is 0.667. The van der Waals surface area contributed by atoms with Crippen LogP contribution in [0.3, 0.4) is 0 Å². The normalized spacial score (nSPS) is 15.4. The van der Waals surface area contributed by atoms with Crippen LogP contribution in [-0.4, -0.2) is 65.7 Å². The van der Waals surface area contributed by atoms with Crippen molar-refractivity contribution in [2.45, 2.75) is 6.92 Å². The van der Waals surface area contributed by atoms with Crippen LogP contribution in [0.25, 0.3) is 0 Å². The van der Waals surface area contributed by atoms with Crippen molar-refractivity contribution in [3.63, 3.8) is 0 Å². The van der Waals surface area contributed by atoms with Crippen molar-refractivity contribution in [1.82, 2.24) is 9.80 Å². The van der Waals surface area contributed by atoms with Gasteiger partial charge in [0, 0.05) is 0 Å². The highest BCUT2D eigenvalue weighted by Gasteiger charge is 2.29. The molecule has 7 nitrogen and oxygen atoms in total. The Morgan fingerprint density at radius 3 is 2.62 bits per heavy atom. The summed E-state index contributed by atoms with van der Waals surface area (Å²) >= 11 is 0. The van der Waals surface area contributed by atoms with Crippen LogP contribution in [0.5, 0.6) is 0 Å². The van der Waals surface area contributed by atoms with E-state index in [0.717, 1.165) is 4.90 Å². The van der Waals surface area contributed by atoms with E-state index in [1.807, 2.05) is 0 Å². The van der Waals surface area contributed by atoms with Gasteiger partial charge in [-0.2, -0.15) is 0 Å². The van der Waals surface area contributed by atoms with Gasteiger partial charge in [-0.05, 0) is 6.54 Å². The molecule has 1 aliphatic heterocycles. The van der Waals surface area contributed by atoms with Gasteiger partial charge in [-0.25, -0.2) is 9.69 Å². The highest BCUT2D eigenvalue weighted by Crippen LogP contribution is 2.04. The Balaban J connectivity index is 2.48. The Morgan fingerprint density at radius 2 is 2.19 bits per heavy atom. The average Bonchev–Trinajstić information content (AvgIpc) is 2.62. The monoisotopic (exact) mass is 230 g/mol. The largest absolute Gasteiger partial charge is 0.480 e. The molecular weight excluding hydrogens is 216 g/mol. The second kappa shape index (κ2) is 5.45. The number of ether oxygens (including phenoxy) is 1. The van der Waals surface area contributed by atoms with Gasteiger partial charge < -0.3 is 9.84 Å². The zero-order chi connectivity index (χ0) is 12.1. The van der Waals surface area contributed by atoms with Crippen molar-refractivity contribution in [3.8, 4) is 0 Å². The topological polar surface area (TPSA) is 87.2 Å². The van der Waals surface area contributed by atoms with Crippen molar-refractivity contribution in [3.05, 3.63) is 0 Å². The van der Waals surface area contributed by atoms with E-state index >= 15 is 0 Å². The molecule has 1 heterocycles. The summed E-state index contributed by atoms with van der Waals surface area (Å²) in [6.45, 7) is 2.32. The molecule has 1 rings (SSSR count). The second-order valence-electron chi connectivity index (χ2n) is 3.36. The number of carbonyl (C=O) groups excluding carboxylic acids is 2. The minimum Gasteiger partial charge on any atom is -0.480 e. The SMILES string of the molecule is CCN(CC(=O)O)CC(=O)N1CCOC1=O. The van der Waals surface area contributed by atoms with Gasteiger partial charge in [-0.1, -0.05) is 6.92 Å². The molecule has 1 N–H and O–H groups in total. The third kappa shape index (κ3) is 3.20. The molecule has 0 spiro atoms. The number of hydrogen-bond acceptors (Lipinski definition) is 5. The molecular formula is C9H14N2O5. The molecule has 0 aromatic rings. The quantitative estimate of drug-likeness (QED) is 0.676. The molecule has 7 heteroatoms. The zero-order valence-corrected chi connectivity index (χ0v) is 9.01. The maximum Gasteiger partial charge on any atom is 0.416 e. The molecule has 0 atom stereocenters. The lowest BCUT2D eigenvalue weighted by Crippen LogP contribution is -2.42. The predicted octanol–water partition coefficient (Wildman–Crippen LogP) is -0.628. The lowest BCUT2D eigenvalue weighted by Gasteiger charge is -2.19. The summed E-state index contributed by atoms with van der Waals surface area (Å²) in [7, 11) is 0. The van der Waals surface area contributed by atoms with Gasteiger partial charge in [0.25, 0.3) is 0 Å². The summed E-state index contributed by atoms with van der Waals surface area (Å²) < 4.78 is 4.61. The van der Waals surface area contributed by atoms with Crippen LogP contribution in [0, 0.1) is 0 Å². The van der Waals surface area contributed by atoms with Crippen LogP contribution in [-0.2, 0) is 14.3 Å².